The highest BCUT2D eigenvalue weighted by atomic mass is 35.5. The third-order valence-electron chi connectivity index (χ3n) is 3.42. The van der Waals surface area contributed by atoms with E-state index in [9.17, 15) is 4.79 Å². The van der Waals surface area contributed by atoms with Crippen LogP contribution in [0.1, 0.15) is 0 Å². The Morgan fingerprint density at radius 2 is 2.10 bits per heavy atom. The van der Waals surface area contributed by atoms with Crippen molar-refractivity contribution in [2.24, 2.45) is 7.05 Å². The molecule has 21 heavy (non-hydrogen) atoms. The minimum atomic E-state index is -0.388. The predicted octanol–water partition coefficient (Wildman–Crippen LogP) is 2.49. The summed E-state index contributed by atoms with van der Waals surface area (Å²) < 4.78 is 8.25. The molecule has 104 valence electrons. The topological polar surface area (TPSA) is 65.3 Å². The van der Waals surface area contributed by atoms with Crippen LogP contribution >= 0.6 is 11.6 Å². The van der Waals surface area contributed by atoms with Gasteiger partial charge in [0.1, 0.15) is 5.15 Å². The maximum Gasteiger partial charge on any atom is 0.419 e. The highest BCUT2D eigenvalue weighted by Gasteiger charge is 2.11. The van der Waals surface area contributed by atoms with Gasteiger partial charge in [-0.1, -0.05) is 11.6 Å². The van der Waals surface area contributed by atoms with Gasteiger partial charge in [-0.25, -0.2) is 14.3 Å². The zero-order valence-electron chi connectivity index (χ0n) is 10.9. The van der Waals surface area contributed by atoms with E-state index in [1.165, 1.54) is 4.57 Å². The average Bonchev–Trinajstić information content (AvgIpc) is 3.01. The van der Waals surface area contributed by atoms with Crippen molar-refractivity contribution in [3.63, 3.8) is 0 Å². The molecule has 0 unspecified atom stereocenters. The van der Waals surface area contributed by atoms with Gasteiger partial charge in [0.2, 0.25) is 0 Å². The van der Waals surface area contributed by atoms with Crippen LogP contribution in [0, 0.1) is 0 Å². The molecule has 0 bridgehead atoms. The molecule has 0 N–H and O–H groups in total. The molecule has 3 aromatic heterocycles. The van der Waals surface area contributed by atoms with Crippen LogP contribution in [0.3, 0.4) is 0 Å². The normalized spacial score (nSPS) is 11.5. The van der Waals surface area contributed by atoms with Gasteiger partial charge in [0.25, 0.3) is 0 Å². The summed E-state index contributed by atoms with van der Waals surface area (Å²) in [7, 11) is 1.67. The van der Waals surface area contributed by atoms with Gasteiger partial charge in [0, 0.05) is 12.6 Å². The minimum absolute atomic E-state index is 0.388. The van der Waals surface area contributed by atoms with E-state index in [0.29, 0.717) is 16.4 Å². The Bertz CT molecular complexity index is 1040. The van der Waals surface area contributed by atoms with Crippen LogP contribution in [-0.2, 0) is 7.05 Å². The predicted molar refractivity (Wildman–Crippen MR) is 78.4 cm³/mol. The van der Waals surface area contributed by atoms with Crippen molar-refractivity contribution in [2.45, 2.75) is 0 Å². The first-order chi connectivity index (χ1) is 10.1. The third-order valence-corrected chi connectivity index (χ3v) is 3.62. The summed E-state index contributed by atoms with van der Waals surface area (Å²) in [6.07, 6.45) is 1.72. The van der Waals surface area contributed by atoms with E-state index >= 15 is 0 Å². The van der Waals surface area contributed by atoms with Gasteiger partial charge in [-0.15, -0.1) is 0 Å². The zero-order valence-corrected chi connectivity index (χ0v) is 11.7. The maximum absolute atomic E-state index is 11.5. The van der Waals surface area contributed by atoms with Crippen LogP contribution in [0.15, 0.2) is 45.7 Å². The smallest absolute Gasteiger partial charge is 0.408 e. The lowest BCUT2D eigenvalue weighted by Gasteiger charge is -2.02. The molecule has 3 heterocycles. The molecule has 7 heteroatoms. The molecule has 0 spiro atoms. The molecule has 0 amide bonds. The lowest BCUT2D eigenvalue weighted by Crippen LogP contribution is -2.08. The van der Waals surface area contributed by atoms with Crippen molar-refractivity contribution < 1.29 is 4.42 Å². The number of benzene rings is 1. The SMILES string of the molecule is Cn1c(=O)oc2ccc(-c3cnc4ccc(Cl)nn34)cc21. The molecule has 0 aliphatic heterocycles. The van der Waals surface area contributed by atoms with Crippen LogP contribution in [0.25, 0.3) is 28.0 Å². The van der Waals surface area contributed by atoms with Crippen molar-refractivity contribution in [1.29, 1.82) is 0 Å². The van der Waals surface area contributed by atoms with Gasteiger partial charge >= 0.3 is 5.76 Å². The number of oxazole rings is 1. The summed E-state index contributed by atoms with van der Waals surface area (Å²) in [5, 5.41) is 4.63. The van der Waals surface area contributed by atoms with E-state index in [0.717, 1.165) is 16.8 Å². The van der Waals surface area contributed by atoms with Crippen molar-refractivity contribution in [2.75, 3.05) is 0 Å². The lowest BCUT2D eigenvalue weighted by atomic mass is 10.1. The Kier molecular flexibility index (Phi) is 2.43. The van der Waals surface area contributed by atoms with Gasteiger partial charge < -0.3 is 4.42 Å². The van der Waals surface area contributed by atoms with Crippen molar-refractivity contribution in [3.05, 3.63) is 52.2 Å². The van der Waals surface area contributed by atoms with E-state index < -0.39 is 0 Å². The number of rotatable bonds is 1. The van der Waals surface area contributed by atoms with Crippen LogP contribution in [-0.4, -0.2) is 19.2 Å². The summed E-state index contributed by atoms with van der Waals surface area (Å²) >= 11 is 5.94. The Morgan fingerprint density at radius 3 is 2.95 bits per heavy atom. The fourth-order valence-electron chi connectivity index (χ4n) is 2.33. The lowest BCUT2D eigenvalue weighted by molar-refractivity contribution is 0.528. The zero-order chi connectivity index (χ0) is 14.6. The Morgan fingerprint density at radius 1 is 1.24 bits per heavy atom. The number of nitrogens with zero attached hydrogens (tertiary/aromatic N) is 4. The summed E-state index contributed by atoms with van der Waals surface area (Å²) in [5.41, 5.74) is 3.64. The van der Waals surface area contributed by atoms with E-state index in [2.05, 4.69) is 10.1 Å². The fourth-order valence-corrected chi connectivity index (χ4v) is 2.47. The van der Waals surface area contributed by atoms with E-state index in [1.54, 1.807) is 36.0 Å². The second kappa shape index (κ2) is 4.20. The number of aromatic nitrogens is 4. The Balaban J connectivity index is 2.01. The molecule has 6 nitrogen and oxygen atoms in total. The van der Waals surface area contributed by atoms with E-state index in [-0.39, 0.29) is 5.76 Å². The first kappa shape index (κ1) is 12.2. The van der Waals surface area contributed by atoms with Gasteiger partial charge in [-0.2, -0.15) is 5.10 Å². The highest BCUT2D eigenvalue weighted by Crippen LogP contribution is 2.24. The maximum atomic E-state index is 11.5. The van der Waals surface area contributed by atoms with Gasteiger partial charge in [-0.05, 0) is 30.3 Å². The van der Waals surface area contributed by atoms with Crippen LogP contribution in [0.2, 0.25) is 5.15 Å². The Hall–Kier alpha value is -2.60. The second-order valence-corrected chi connectivity index (χ2v) is 5.07. The first-order valence-electron chi connectivity index (χ1n) is 6.24. The molecular weight excluding hydrogens is 292 g/mol. The molecule has 0 aliphatic carbocycles. The number of hydrogen-bond acceptors (Lipinski definition) is 4. The molecule has 0 saturated carbocycles. The number of fused-ring (bicyclic) bond motifs is 2. The number of halogens is 1. The van der Waals surface area contributed by atoms with E-state index in [4.69, 9.17) is 16.0 Å². The number of imidazole rings is 1. The van der Waals surface area contributed by atoms with Crippen LogP contribution in [0.4, 0.5) is 0 Å². The van der Waals surface area contributed by atoms with Crippen LogP contribution in [0.5, 0.6) is 0 Å². The standard InChI is InChI=1S/C14H9ClN4O2/c1-18-9-6-8(2-3-11(9)21-14(18)20)10-7-16-13-5-4-12(15)17-19(10)13/h2-7H,1H3. The third kappa shape index (κ3) is 1.76. The molecule has 1 aromatic carbocycles. The quantitative estimate of drug-likeness (QED) is 0.542. The van der Waals surface area contributed by atoms with E-state index in [1.807, 2.05) is 12.1 Å². The summed E-state index contributed by atoms with van der Waals surface area (Å²) in [6.45, 7) is 0. The van der Waals surface area contributed by atoms with Gasteiger partial charge in [-0.3, -0.25) is 4.57 Å². The summed E-state index contributed by atoms with van der Waals surface area (Å²) in [6, 6.07) is 8.97. The fraction of sp³-hybridized carbons (Fsp3) is 0.0714. The van der Waals surface area contributed by atoms with Crippen molar-refractivity contribution in [3.8, 4) is 11.3 Å². The number of aryl methyl sites for hydroxylation is 1. The Labute approximate surface area is 123 Å². The average molecular weight is 301 g/mol. The largest absolute Gasteiger partial charge is 0.419 e. The minimum Gasteiger partial charge on any atom is -0.408 e. The molecule has 4 aromatic rings. The van der Waals surface area contributed by atoms with Crippen molar-refractivity contribution in [1.82, 2.24) is 19.2 Å². The molecule has 4 rings (SSSR count). The van der Waals surface area contributed by atoms with Crippen molar-refractivity contribution >= 4 is 28.3 Å². The molecule has 0 fully saturated rings. The highest BCUT2D eigenvalue weighted by molar-refractivity contribution is 6.29. The summed E-state index contributed by atoms with van der Waals surface area (Å²) in [5.74, 6) is -0.388. The van der Waals surface area contributed by atoms with Gasteiger partial charge in [0.15, 0.2) is 11.2 Å². The number of hydrogen-bond donors (Lipinski definition) is 0. The second-order valence-electron chi connectivity index (χ2n) is 4.68. The molecule has 0 saturated heterocycles. The monoisotopic (exact) mass is 300 g/mol. The molecule has 0 radical (unpaired) electrons. The molecular formula is C14H9ClN4O2. The molecule has 0 aliphatic rings. The molecule has 0 atom stereocenters. The first-order valence-corrected chi connectivity index (χ1v) is 6.61. The summed E-state index contributed by atoms with van der Waals surface area (Å²) in [4.78, 5) is 15.8. The van der Waals surface area contributed by atoms with Gasteiger partial charge in [0.05, 0.1) is 17.4 Å². The van der Waals surface area contributed by atoms with Crippen LogP contribution < -0.4 is 5.76 Å².